The molecule has 4 aromatic carbocycles. The molecule has 6 heteroatoms. The van der Waals surface area contributed by atoms with Crippen molar-refractivity contribution in [1.82, 2.24) is 0 Å². The number of aliphatic imine (C=N–C) groups is 1. The summed E-state index contributed by atoms with van der Waals surface area (Å²) in [5.41, 5.74) is 5.78. The second-order valence-electron chi connectivity index (χ2n) is 10.4. The fourth-order valence-corrected chi connectivity index (χ4v) is 5.50. The van der Waals surface area contributed by atoms with Crippen LogP contribution in [0.25, 0.3) is 11.1 Å². The first kappa shape index (κ1) is 31.4. The molecular formula is C37H42N2O4. The Hall–Kier alpha value is -4.58. The first-order valence-electron chi connectivity index (χ1n) is 15.1. The Morgan fingerprint density at radius 2 is 1.60 bits per heavy atom. The topological polar surface area (TPSA) is 71.4 Å². The molecule has 5 rings (SSSR count). The maximum Gasteiger partial charge on any atom is 0.337 e. The molecule has 1 saturated carbocycles. The third-order valence-electron chi connectivity index (χ3n) is 7.74. The van der Waals surface area contributed by atoms with E-state index in [-0.39, 0.29) is 5.56 Å². The molecule has 43 heavy (non-hydrogen) atoms. The fraction of sp³-hybridized carbons (Fsp3) is 0.297. The van der Waals surface area contributed by atoms with Gasteiger partial charge in [-0.25, -0.2) is 4.79 Å². The van der Waals surface area contributed by atoms with E-state index in [1.807, 2.05) is 81.6 Å². The zero-order valence-electron chi connectivity index (χ0n) is 25.6. The lowest BCUT2D eigenvalue weighted by Crippen LogP contribution is -2.34. The van der Waals surface area contributed by atoms with Crippen molar-refractivity contribution in [3.8, 4) is 22.6 Å². The molecule has 0 amide bonds. The van der Waals surface area contributed by atoms with E-state index >= 15 is 0 Å². The zero-order valence-corrected chi connectivity index (χ0v) is 25.6. The molecule has 0 aliphatic heterocycles. The number of aromatic carboxylic acids is 1. The average molecular weight is 579 g/mol. The quantitative estimate of drug-likeness (QED) is 0.190. The van der Waals surface area contributed by atoms with Crippen LogP contribution in [0.15, 0.2) is 96.0 Å². The van der Waals surface area contributed by atoms with Crippen LogP contribution in [-0.4, -0.2) is 37.5 Å². The van der Waals surface area contributed by atoms with E-state index in [9.17, 15) is 9.90 Å². The van der Waals surface area contributed by atoms with Gasteiger partial charge in [0, 0.05) is 24.9 Å². The van der Waals surface area contributed by atoms with Crippen molar-refractivity contribution in [2.45, 2.75) is 58.6 Å². The van der Waals surface area contributed by atoms with Crippen molar-refractivity contribution in [2.75, 3.05) is 19.1 Å². The lowest BCUT2D eigenvalue weighted by atomic mass is 9.93. The third-order valence-corrected chi connectivity index (χ3v) is 7.74. The molecule has 1 N–H and O–H groups in total. The summed E-state index contributed by atoms with van der Waals surface area (Å²) in [5.74, 6) is 0.595. The summed E-state index contributed by atoms with van der Waals surface area (Å²) in [5, 5.41) is 9.90. The van der Waals surface area contributed by atoms with E-state index in [4.69, 9.17) is 14.5 Å². The molecule has 1 aliphatic carbocycles. The zero-order chi connectivity index (χ0) is 30.6. The van der Waals surface area contributed by atoms with E-state index < -0.39 is 5.97 Å². The summed E-state index contributed by atoms with van der Waals surface area (Å²) < 4.78 is 11.6. The predicted molar refractivity (Wildman–Crippen MR) is 176 cm³/mol. The van der Waals surface area contributed by atoms with Gasteiger partial charge in [-0.1, -0.05) is 75.6 Å². The van der Waals surface area contributed by atoms with Gasteiger partial charge in [-0.2, -0.15) is 0 Å². The smallest absolute Gasteiger partial charge is 0.337 e. The number of hydrogen-bond donors (Lipinski definition) is 1. The predicted octanol–water partition coefficient (Wildman–Crippen LogP) is 9.19. The molecule has 224 valence electrons. The van der Waals surface area contributed by atoms with Crippen LogP contribution in [0.5, 0.6) is 11.5 Å². The van der Waals surface area contributed by atoms with Crippen molar-refractivity contribution in [2.24, 2.45) is 4.99 Å². The minimum Gasteiger partial charge on any atom is -0.497 e. The SMILES string of the molecule is CC.COc1ccc(-c2ccccc2)c(COc2ccc(C=Nc3cccc(C(=O)O)c3N(C)C3CCCCC3)cc2)c1. The van der Waals surface area contributed by atoms with Gasteiger partial charge in [0.15, 0.2) is 0 Å². The second kappa shape index (κ2) is 15.6. The Bertz CT molecular complexity index is 1490. The number of hydrogen-bond acceptors (Lipinski definition) is 5. The molecule has 4 aromatic rings. The Balaban J connectivity index is 0.00000207. The normalized spacial score (nSPS) is 13.2. The third kappa shape index (κ3) is 8.04. The summed E-state index contributed by atoms with van der Waals surface area (Å²) in [6.45, 7) is 4.40. The van der Waals surface area contributed by atoms with Gasteiger partial charge in [-0.05, 0) is 78.1 Å². The van der Waals surface area contributed by atoms with Crippen molar-refractivity contribution < 1.29 is 19.4 Å². The van der Waals surface area contributed by atoms with Crippen LogP contribution in [-0.2, 0) is 6.61 Å². The summed E-state index contributed by atoms with van der Waals surface area (Å²) in [6.07, 6.45) is 7.49. The molecule has 0 aromatic heterocycles. The minimum atomic E-state index is -0.937. The van der Waals surface area contributed by atoms with E-state index in [0.717, 1.165) is 46.6 Å². The number of carboxylic acids is 1. The minimum absolute atomic E-state index is 0.281. The fourth-order valence-electron chi connectivity index (χ4n) is 5.50. The molecule has 6 nitrogen and oxygen atoms in total. The molecule has 0 radical (unpaired) electrons. The number of carbonyl (C=O) groups is 1. The Kier molecular flexibility index (Phi) is 11.4. The lowest BCUT2D eigenvalue weighted by molar-refractivity contribution is 0.0697. The van der Waals surface area contributed by atoms with Crippen LogP contribution in [0, 0.1) is 0 Å². The van der Waals surface area contributed by atoms with Gasteiger partial charge in [0.05, 0.1) is 24.0 Å². The Labute approximate surface area is 255 Å². The Morgan fingerprint density at radius 1 is 0.907 bits per heavy atom. The summed E-state index contributed by atoms with van der Waals surface area (Å²) in [4.78, 5) is 18.9. The highest BCUT2D eigenvalue weighted by molar-refractivity contribution is 5.99. The van der Waals surface area contributed by atoms with Crippen LogP contribution >= 0.6 is 0 Å². The van der Waals surface area contributed by atoms with Gasteiger partial charge in [0.2, 0.25) is 0 Å². The highest BCUT2D eigenvalue weighted by atomic mass is 16.5. The number of nitrogens with zero attached hydrogens (tertiary/aromatic N) is 2. The number of rotatable bonds is 10. The number of benzene rings is 4. The highest BCUT2D eigenvalue weighted by Gasteiger charge is 2.24. The molecule has 0 spiro atoms. The van der Waals surface area contributed by atoms with Crippen LogP contribution < -0.4 is 14.4 Å². The molecule has 0 heterocycles. The van der Waals surface area contributed by atoms with Crippen molar-refractivity contribution in [3.63, 3.8) is 0 Å². The molecule has 0 saturated heterocycles. The van der Waals surface area contributed by atoms with E-state index in [1.165, 1.54) is 19.3 Å². The second-order valence-corrected chi connectivity index (χ2v) is 10.4. The van der Waals surface area contributed by atoms with Crippen LogP contribution in [0.2, 0.25) is 0 Å². The van der Waals surface area contributed by atoms with E-state index in [0.29, 0.717) is 24.0 Å². The van der Waals surface area contributed by atoms with Gasteiger partial charge >= 0.3 is 5.97 Å². The molecule has 1 aliphatic rings. The van der Waals surface area contributed by atoms with Gasteiger partial charge in [-0.3, -0.25) is 4.99 Å². The largest absolute Gasteiger partial charge is 0.497 e. The van der Waals surface area contributed by atoms with Crippen LogP contribution in [0.3, 0.4) is 0 Å². The first-order chi connectivity index (χ1) is 21.0. The highest BCUT2D eigenvalue weighted by Crippen LogP contribution is 2.36. The number of ether oxygens (including phenoxy) is 2. The summed E-state index contributed by atoms with van der Waals surface area (Å²) in [6, 6.07) is 29.6. The maximum absolute atomic E-state index is 12.1. The number of anilines is 1. The molecule has 0 bridgehead atoms. The van der Waals surface area contributed by atoms with Crippen molar-refractivity contribution >= 4 is 23.6 Å². The molecule has 0 unspecified atom stereocenters. The van der Waals surface area contributed by atoms with Gasteiger partial charge in [-0.15, -0.1) is 0 Å². The maximum atomic E-state index is 12.1. The first-order valence-corrected chi connectivity index (χ1v) is 15.1. The van der Waals surface area contributed by atoms with Crippen LogP contribution in [0.4, 0.5) is 11.4 Å². The van der Waals surface area contributed by atoms with Gasteiger partial charge < -0.3 is 19.5 Å². The van der Waals surface area contributed by atoms with Gasteiger partial charge in [0.25, 0.3) is 0 Å². The standard InChI is InChI=1S/C35H36N2O4.C2H6/c1-37(28-12-7-4-8-13-28)34-32(35(38)39)14-9-15-33(34)36-23-25-16-18-29(19-17-25)41-24-27-22-30(40-2)20-21-31(27)26-10-5-3-6-11-26;1-2/h3,5-6,9-11,14-23,28H,4,7-8,12-13,24H2,1-2H3,(H,38,39);1-2H3. The van der Waals surface area contributed by atoms with Gasteiger partial charge in [0.1, 0.15) is 18.1 Å². The lowest BCUT2D eigenvalue weighted by Gasteiger charge is -2.34. The number of para-hydroxylation sites is 1. The van der Waals surface area contributed by atoms with Crippen molar-refractivity contribution in [3.05, 3.63) is 108 Å². The number of methoxy groups -OCH3 is 1. The summed E-state index contributed by atoms with van der Waals surface area (Å²) >= 11 is 0. The number of carboxylic acid groups (broad SMARTS) is 1. The van der Waals surface area contributed by atoms with E-state index in [1.54, 1.807) is 25.5 Å². The summed E-state index contributed by atoms with van der Waals surface area (Å²) in [7, 11) is 3.66. The van der Waals surface area contributed by atoms with Crippen LogP contribution in [0.1, 0.15) is 67.4 Å². The molecule has 1 fully saturated rings. The Morgan fingerprint density at radius 3 is 2.28 bits per heavy atom. The average Bonchev–Trinajstić information content (AvgIpc) is 3.07. The van der Waals surface area contributed by atoms with E-state index in [2.05, 4.69) is 23.1 Å². The monoisotopic (exact) mass is 578 g/mol. The van der Waals surface area contributed by atoms with Crippen molar-refractivity contribution in [1.29, 1.82) is 0 Å². The molecule has 0 atom stereocenters. The molecular weight excluding hydrogens is 536 g/mol.